The molecule has 2 fully saturated rings. The summed E-state index contributed by atoms with van der Waals surface area (Å²) in [6.07, 6.45) is 2.88. The first-order valence-electron chi connectivity index (χ1n) is 12.6. The highest BCUT2D eigenvalue weighted by molar-refractivity contribution is 5.97. The van der Waals surface area contributed by atoms with Gasteiger partial charge in [0.1, 0.15) is 17.8 Å². The largest absolute Gasteiger partial charge is 0.497 e. The first kappa shape index (κ1) is 25.3. The summed E-state index contributed by atoms with van der Waals surface area (Å²) >= 11 is 0. The molecule has 0 saturated carbocycles. The van der Waals surface area contributed by atoms with E-state index in [1.54, 1.807) is 23.0 Å². The zero-order valence-electron chi connectivity index (χ0n) is 21.0. The lowest BCUT2D eigenvalue weighted by Crippen LogP contribution is -2.58. The maximum Gasteiger partial charge on any atom is 0.321 e. The molecule has 0 unspecified atom stereocenters. The molecular weight excluding hydrogens is 458 g/mol. The number of piperidine rings is 1. The molecule has 0 atom stereocenters. The Morgan fingerprint density at radius 1 is 1.06 bits per heavy atom. The topological polar surface area (TPSA) is 94.2 Å². The molecule has 192 valence electrons. The van der Waals surface area contributed by atoms with Gasteiger partial charge in [0.15, 0.2) is 0 Å². The number of urea groups is 1. The van der Waals surface area contributed by atoms with E-state index in [4.69, 9.17) is 4.74 Å². The van der Waals surface area contributed by atoms with Gasteiger partial charge in [0.25, 0.3) is 5.91 Å². The summed E-state index contributed by atoms with van der Waals surface area (Å²) in [6, 6.07) is 16.8. The van der Waals surface area contributed by atoms with Crippen LogP contribution in [0.25, 0.3) is 0 Å². The van der Waals surface area contributed by atoms with Gasteiger partial charge in [0.05, 0.1) is 13.8 Å². The molecule has 2 aliphatic heterocycles. The van der Waals surface area contributed by atoms with Crippen LogP contribution >= 0.6 is 0 Å². The number of rotatable bonds is 8. The van der Waals surface area contributed by atoms with Gasteiger partial charge in [-0.3, -0.25) is 9.59 Å². The molecule has 0 aromatic heterocycles. The molecule has 0 bridgehead atoms. The average Bonchev–Trinajstić information content (AvgIpc) is 3.16. The Bertz CT molecular complexity index is 1070. The minimum Gasteiger partial charge on any atom is -0.497 e. The number of carbonyl (C=O) groups excluding carboxylic acids is 3. The second-order valence-corrected chi connectivity index (χ2v) is 9.29. The lowest BCUT2D eigenvalue weighted by atomic mass is 9.85. The Morgan fingerprint density at radius 3 is 2.50 bits per heavy atom. The normalized spacial score (nSPS) is 16.8. The van der Waals surface area contributed by atoms with E-state index in [0.29, 0.717) is 50.6 Å². The molecule has 2 aromatic carbocycles. The molecule has 0 radical (unpaired) electrons. The van der Waals surface area contributed by atoms with Gasteiger partial charge in [-0.15, -0.1) is 0 Å². The van der Waals surface area contributed by atoms with Gasteiger partial charge < -0.3 is 30.1 Å². The van der Waals surface area contributed by atoms with E-state index in [2.05, 4.69) is 22.5 Å². The number of carbonyl (C=O) groups is 3. The van der Waals surface area contributed by atoms with Gasteiger partial charge in [-0.2, -0.15) is 0 Å². The van der Waals surface area contributed by atoms with E-state index in [1.165, 1.54) is 0 Å². The number of amides is 4. The van der Waals surface area contributed by atoms with Crippen molar-refractivity contribution in [2.45, 2.75) is 38.1 Å². The van der Waals surface area contributed by atoms with Crippen LogP contribution < -0.4 is 20.3 Å². The van der Waals surface area contributed by atoms with Gasteiger partial charge >= 0.3 is 6.03 Å². The van der Waals surface area contributed by atoms with Gasteiger partial charge in [-0.05, 0) is 43.5 Å². The van der Waals surface area contributed by atoms with Crippen LogP contribution in [0.3, 0.4) is 0 Å². The van der Waals surface area contributed by atoms with E-state index < -0.39 is 5.54 Å². The second-order valence-electron chi connectivity index (χ2n) is 9.29. The van der Waals surface area contributed by atoms with Crippen LogP contribution in [0, 0.1) is 0 Å². The fraction of sp³-hybridized carbons (Fsp3) is 0.444. The Morgan fingerprint density at radius 2 is 1.81 bits per heavy atom. The number of nitrogens with one attached hydrogen (secondary N) is 2. The molecule has 2 aromatic rings. The van der Waals surface area contributed by atoms with E-state index in [1.807, 2.05) is 48.5 Å². The lowest BCUT2D eigenvalue weighted by molar-refractivity contribution is -0.137. The number of hydrogen-bond donors (Lipinski definition) is 2. The van der Waals surface area contributed by atoms with Crippen molar-refractivity contribution in [3.05, 3.63) is 54.6 Å². The monoisotopic (exact) mass is 493 g/mol. The van der Waals surface area contributed by atoms with Crippen LogP contribution in [0.5, 0.6) is 5.75 Å². The van der Waals surface area contributed by atoms with Crippen LogP contribution in [-0.2, 0) is 9.59 Å². The number of unbranched alkanes of at least 4 members (excludes halogenated alkanes) is 1. The van der Waals surface area contributed by atoms with Crippen molar-refractivity contribution >= 4 is 29.2 Å². The molecule has 4 rings (SSSR count). The number of likely N-dealkylation sites (tertiary alicyclic amines) is 1. The standard InChI is InChI=1S/C27H35N5O4/c1-3-4-15-28-24(33)19-31-20-32(22-10-6-5-7-11-22)27(25(31)34)13-16-30(17-14-27)26(35)29-21-9-8-12-23(18-21)36-2/h5-12,18H,3-4,13-17,19-20H2,1-2H3,(H,28,33)(H,29,35). The predicted octanol–water partition coefficient (Wildman–Crippen LogP) is 3.28. The molecule has 2 saturated heterocycles. The third-order valence-corrected chi connectivity index (χ3v) is 6.97. The van der Waals surface area contributed by atoms with Gasteiger partial charge in [-0.1, -0.05) is 37.6 Å². The van der Waals surface area contributed by atoms with E-state index in [-0.39, 0.29) is 24.4 Å². The van der Waals surface area contributed by atoms with Crippen LogP contribution in [0.2, 0.25) is 0 Å². The van der Waals surface area contributed by atoms with Crippen LogP contribution in [0.1, 0.15) is 32.6 Å². The first-order valence-corrected chi connectivity index (χ1v) is 12.6. The highest BCUT2D eigenvalue weighted by atomic mass is 16.5. The molecule has 2 heterocycles. The van der Waals surface area contributed by atoms with Crippen LogP contribution in [0.15, 0.2) is 54.6 Å². The number of hydrogen-bond acceptors (Lipinski definition) is 5. The van der Waals surface area contributed by atoms with Crippen LogP contribution in [0.4, 0.5) is 16.2 Å². The molecule has 4 amide bonds. The molecule has 36 heavy (non-hydrogen) atoms. The molecule has 9 heteroatoms. The Balaban J connectivity index is 1.46. The second kappa shape index (κ2) is 11.3. The zero-order chi connectivity index (χ0) is 25.5. The average molecular weight is 494 g/mol. The quantitative estimate of drug-likeness (QED) is 0.551. The van der Waals surface area contributed by atoms with E-state index in [9.17, 15) is 14.4 Å². The highest BCUT2D eigenvalue weighted by Gasteiger charge is 2.54. The number of ether oxygens (including phenoxy) is 1. The fourth-order valence-electron chi connectivity index (χ4n) is 4.94. The van der Waals surface area contributed by atoms with Crippen molar-refractivity contribution in [1.82, 2.24) is 15.1 Å². The Kier molecular flexibility index (Phi) is 7.97. The first-order chi connectivity index (χ1) is 17.5. The summed E-state index contributed by atoms with van der Waals surface area (Å²) in [5, 5.41) is 5.83. The molecule has 2 aliphatic rings. The minimum absolute atomic E-state index is 0.0354. The van der Waals surface area contributed by atoms with Crippen LogP contribution in [-0.4, -0.2) is 73.1 Å². The Hall–Kier alpha value is -3.75. The third-order valence-electron chi connectivity index (χ3n) is 6.97. The number of para-hydroxylation sites is 1. The number of methoxy groups -OCH3 is 1. The number of nitrogens with zero attached hydrogens (tertiary/aromatic N) is 3. The zero-order valence-corrected chi connectivity index (χ0v) is 21.0. The SMILES string of the molecule is CCCCNC(=O)CN1CN(c2ccccc2)C2(CCN(C(=O)Nc3cccc(OC)c3)CC2)C1=O. The van der Waals surface area contributed by atoms with Crippen molar-refractivity contribution in [3.63, 3.8) is 0 Å². The maximum atomic E-state index is 13.7. The number of benzene rings is 2. The van der Waals surface area contributed by atoms with Crippen molar-refractivity contribution in [1.29, 1.82) is 0 Å². The van der Waals surface area contributed by atoms with Crippen molar-refractivity contribution < 1.29 is 19.1 Å². The molecule has 9 nitrogen and oxygen atoms in total. The lowest BCUT2D eigenvalue weighted by Gasteiger charge is -2.43. The fourth-order valence-corrected chi connectivity index (χ4v) is 4.94. The highest BCUT2D eigenvalue weighted by Crippen LogP contribution is 2.39. The van der Waals surface area contributed by atoms with E-state index in [0.717, 1.165) is 18.5 Å². The minimum atomic E-state index is -0.780. The van der Waals surface area contributed by atoms with E-state index >= 15 is 0 Å². The summed E-state index contributed by atoms with van der Waals surface area (Å²) in [4.78, 5) is 44.7. The van der Waals surface area contributed by atoms with Crippen molar-refractivity contribution in [2.75, 3.05) is 50.2 Å². The summed E-state index contributed by atoms with van der Waals surface area (Å²) < 4.78 is 5.23. The molecule has 1 spiro atoms. The predicted molar refractivity (Wildman–Crippen MR) is 139 cm³/mol. The van der Waals surface area contributed by atoms with Crippen molar-refractivity contribution in [2.24, 2.45) is 0 Å². The summed E-state index contributed by atoms with van der Waals surface area (Å²) in [7, 11) is 1.58. The van der Waals surface area contributed by atoms with Gasteiger partial charge in [0, 0.05) is 37.1 Å². The molecular formula is C27H35N5O4. The maximum absolute atomic E-state index is 13.7. The summed E-state index contributed by atoms with van der Waals surface area (Å²) in [6.45, 7) is 3.93. The molecule has 2 N–H and O–H groups in total. The third kappa shape index (κ3) is 5.40. The smallest absolute Gasteiger partial charge is 0.321 e. The molecule has 0 aliphatic carbocycles. The summed E-state index contributed by atoms with van der Waals surface area (Å²) in [5.41, 5.74) is 0.814. The Labute approximate surface area is 212 Å². The van der Waals surface area contributed by atoms with Gasteiger partial charge in [0.2, 0.25) is 5.91 Å². The number of anilines is 2. The van der Waals surface area contributed by atoms with Gasteiger partial charge in [-0.25, -0.2) is 4.79 Å². The summed E-state index contributed by atoms with van der Waals surface area (Å²) in [5.74, 6) is 0.473. The van der Waals surface area contributed by atoms with Crippen molar-refractivity contribution in [3.8, 4) is 5.75 Å².